The Bertz CT molecular complexity index is 584. The Morgan fingerprint density at radius 2 is 1.65 bits per heavy atom. The Labute approximate surface area is 121 Å². The van der Waals surface area contributed by atoms with Crippen molar-refractivity contribution in [2.75, 3.05) is 31.1 Å². The maximum Gasteiger partial charge on any atom is 0.0376 e. The minimum absolute atomic E-state index is 1.08. The van der Waals surface area contributed by atoms with Crippen LogP contribution in [-0.4, -0.2) is 26.2 Å². The van der Waals surface area contributed by atoms with Crippen LogP contribution in [0, 0.1) is 13.8 Å². The first-order chi connectivity index (χ1) is 9.75. The van der Waals surface area contributed by atoms with Crippen molar-refractivity contribution in [3.8, 4) is 11.1 Å². The van der Waals surface area contributed by atoms with E-state index < -0.39 is 0 Å². The SMILES string of the molecule is Cc1cc(N2CCNCC2)cc(-c2ccccc2)c1C. The Kier molecular flexibility index (Phi) is 3.75. The molecule has 2 aromatic rings. The van der Waals surface area contributed by atoms with Crippen LogP contribution >= 0.6 is 0 Å². The molecule has 1 fully saturated rings. The average Bonchev–Trinajstić information content (AvgIpc) is 2.51. The van der Waals surface area contributed by atoms with Gasteiger partial charge in [0.2, 0.25) is 0 Å². The molecular formula is C18H22N2. The van der Waals surface area contributed by atoms with Crippen molar-refractivity contribution in [1.29, 1.82) is 0 Å². The minimum Gasteiger partial charge on any atom is -0.369 e. The third kappa shape index (κ3) is 2.56. The largest absolute Gasteiger partial charge is 0.369 e. The topological polar surface area (TPSA) is 15.3 Å². The Morgan fingerprint density at radius 3 is 2.35 bits per heavy atom. The van der Waals surface area contributed by atoms with Gasteiger partial charge in [-0.3, -0.25) is 0 Å². The summed E-state index contributed by atoms with van der Waals surface area (Å²) in [5.41, 5.74) is 6.78. The van der Waals surface area contributed by atoms with E-state index in [1.54, 1.807) is 0 Å². The molecule has 2 heteroatoms. The van der Waals surface area contributed by atoms with Crippen LogP contribution in [0.1, 0.15) is 11.1 Å². The van der Waals surface area contributed by atoms with Gasteiger partial charge in [0.15, 0.2) is 0 Å². The van der Waals surface area contributed by atoms with Gasteiger partial charge in [0.05, 0.1) is 0 Å². The maximum atomic E-state index is 3.42. The number of hydrogen-bond acceptors (Lipinski definition) is 2. The lowest BCUT2D eigenvalue weighted by atomic mass is 9.96. The molecule has 1 aliphatic rings. The van der Waals surface area contributed by atoms with Gasteiger partial charge in [-0.2, -0.15) is 0 Å². The van der Waals surface area contributed by atoms with Gasteiger partial charge in [0.1, 0.15) is 0 Å². The fraction of sp³-hybridized carbons (Fsp3) is 0.333. The summed E-state index contributed by atoms with van der Waals surface area (Å²) >= 11 is 0. The quantitative estimate of drug-likeness (QED) is 0.896. The number of anilines is 1. The molecule has 0 amide bonds. The monoisotopic (exact) mass is 266 g/mol. The van der Waals surface area contributed by atoms with Crippen LogP contribution in [0.2, 0.25) is 0 Å². The Hall–Kier alpha value is -1.80. The predicted molar refractivity (Wildman–Crippen MR) is 86.4 cm³/mol. The summed E-state index contributed by atoms with van der Waals surface area (Å²) in [4.78, 5) is 2.48. The summed E-state index contributed by atoms with van der Waals surface area (Å²) in [7, 11) is 0. The summed E-state index contributed by atoms with van der Waals surface area (Å²) in [6.45, 7) is 8.78. The zero-order valence-corrected chi connectivity index (χ0v) is 12.3. The fourth-order valence-electron chi connectivity index (χ4n) is 2.86. The summed E-state index contributed by atoms with van der Waals surface area (Å²) < 4.78 is 0. The molecule has 0 unspecified atom stereocenters. The number of nitrogens with one attached hydrogen (secondary N) is 1. The number of piperazine rings is 1. The summed E-state index contributed by atoms with van der Waals surface area (Å²) in [6, 6.07) is 15.4. The van der Waals surface area contributed by atoms with Gasteiger partial charge < -0.3 is 10.2 Å². The third-order valence-corrected chi connectivity index (χ3v) is 4.22. The number of benzene rings is 2. The van der Waals surface area contributed by atoms with Crippen LogP contribution in [0.5, 0.6) is 0 Å². The molecule has 20 heavy (non-hydrogen) atoms. The van der Waals surface area contributed by atoms with Crippen molar-refractivity contribution in [3.63, 3.8) is 0 Å². The lowest BCUT2D eigenvalue weighted by Crippen LogP contribution is -2.43. The molecule has 0 atom stereocenters. The second-order valence-corrected chi connectivity index (χ2v) is 5.54. The second-order valence-electron chi connectivity index (χ2n) is 5.54. The maximum absolute atomic E-state index is 3.42. The number of hydrogen-bond donors (Lipinski definition) is 1. The molecule has 1 heterocycles. The molecule has 3 rings (SSSR count). The highest BCUT2D eigenvalue weighted by atomic mass is 15.2. The average molecular weight is 266 g/mol. The Morgan fingerprint density at radius 1 is 0.950 bits per heavy atom. The number of rotatable bonds is 2. The normalized spacial score (nSPS) is 15.4. The van der Waals surface area contributed by atoms with Crippen LogP contribution in [0.4, 0.5) is 5.69 Å². The molecule has 104 valence electrons. The molecule has 0 saturated carbocycles. The van der Waals surface area contributed by atoms with E-state index in [-0.39, 0.29) is 0 Å². The van der Waals surface area contributed by atoms with Crippen LogP contribution in [-0.2, 0) is 0 Å². The molecule has 0 aromatic heterocycles. The summed E-state index contributed by atoms with van der Waals surface area (Å²) in [5.74, 6) is 0. The molecule has 0 bridgehead atoms. The van der Waals surface area contributed by atoms with Gasteiger partial charge in [-0.25, -0.2) is 0 Å². The van der Waals surface area contributed by atoms with Crippen molar-refractivity contribution in [2.45, 2.75) is 13.8 Å². The van der Waals surface area contributed by atoms with Crippen molar-refractivity contribution in [3.05, 3.63) is 53.6 Å². The molecule has 0 radical (unpaired) electrons. The molecule has 1 saturated heterocycles. The first kappa shape index (κ1) is 13.2. The fourth-order valence-corrected chi connectivity index (χ4v) is 2.86. The van der Waals surface area contributed by atoms with Gasteiger partial charge in [-0.05, 0) is 48.2 Å². The zero-order valence-electron chi connectivity index (χ0n) is 12.3. The molecule has 2 nitrogen and oxygen atoms in total. The molecule has 0 spiro atoms. The van der Waals surface area contributed by atoms with Crippen LogP contribution in [0.15, 0.2) is 42.5 Å². The van der Waals surface area contributed by atoms with Gasteiger partial charge in [0, 0.05) is 31.9 Å². The highest BCUT2D eigenvalue weighted by molar-refractivity contribution is 5.73. The lowest BCUT2D eigenvalue weighted by molar-refractivity contribution is 0.589. The molecular weight excluding hydrogens is 244 g/mol. The van der Waals surface area contributed by atoms with Gasteiger partial charge >= 0.3 is 0 Å². The summed E-state index contributed by atoms with van der Waals surface area (Å²) in [6.07, 6.45) is 0. The number of nitrogens with zero attached hydrogens (tertiary/aromatic N) is 1. The van der Waals surface area contributed by atoms with Gasteiger partial charge in [0.25, 0.3) is 0 Å². The molecule has 1 N–H and O–H groups in total. The van der Waals surface area contributed by atoms with Crippen LogP contribution in [0.3, 0.4) is 0 Å². The third-order valence-electron chi connectivity index (χ3n) is 4.22. The van der Waals surface area contributed by atoms with E-state index in [9.17, 15) is 0 Å². The van der Waals surface area contributed by atoms with Gasteiger partial charge in [-0.1, -0.05) is 30.3 Å². The van der Waals surface area contributed by atoms with E-state index in [2.05, 4.69) is 66.5 Å². The highest BCUT2D eigenvalue weighted by Gasteiger charge is 2.13. The van der Waals surface area contributed by atoms with Crippen molar-refractivity contribution < 1.29 is 0 Å². The molecule has 0 aliphatic carbocycles. The zero-order chi connectivity index (χ0) is 13.9. The van der Waals surface area contributed by atoms with Crippen molar-refractivity contribution in [1.82, 2.24) is 5.32 Å². The highest BCUT2D eigenvalue weighted by Crippen LogP contribution is 2.30. The standard InChI is InChI=1S/C18H22N2/c1-14-12-17(20-10-8-19-9-11-20)13-18(15(14)2)16-6-4-3-5-7-16/h3-7,12-13,19H,8-11H2,1-2H3. The smallest absolute Gasteiger partial charge is 0.0376 e. The van der Waals surface area contributed by atoms with E-state index in [1.807, 2.05) is 0 Å². The first-order valence-electron chi connectivity index (χ1n) is 7.38. The number of aryl methyl sites for hydroxylation is 1. The Balaban J connectivity index is 2.03. The van der Waals surface area contributed by atoms with E-state index in [4.69, 9.17) is 0 Å². The van der Waals surface area contributed by atoms with E-state index in [1.165, 1.54) is 27.9 Å². The van der Waals surface area contributed by atoms with Gasteiger partial charge in [-0.15, -0.1) is 0 Å². The first-order valence-corrected chi connectivity index (χ1v) is 7.38. The van der Waals surface area contributed by atoms with E-state index >= 15 is 0 Å². The van der Waals surface area contributed by atoms with Crippen molar-refractivity contribution in [2.24, 2.45) is 0 Å². The van der Waals surface area contributed by atoms with Crippen LogP contribution in [0.25, 0.3) is 11.1 Å². The molecule has 2 aromatic carbocycles. The second kappa shape index (κ2) is 5.68. The van der Waals surface area contributed by atoms with E-state index in [0.29, 0.717) is 0 Å². The van der Waals surface area contributed by atoms with E-state index in [0.717, 1.165) is 26.2 Å². The molecule has 1 aliphatic heterocycles. The minimum atomic E-state index is 1.08. The predicted octanol–water partition coefficient (Wildman–Crippen LogP) is 3.38. The summed E-state index contributed by atoms with van der Waals surface area (Å²) in [5, 5.41) is 3.42. The van der Waals surface area contributed by atoms with Crippen LogP contribution < -0.4 is 10.2 Å². The van der Waals surface area contributed by atoms with Crippen molar-refractivity contribution >= 4 is 5.69 Å². The lowest BCUT2D eigenvalue weighted by Gasteiger charge is -2.30.